The number of hydrogen-bond donors (Lipinski definition) is 0. The summed E-state index contributed by atoms with van der Waals surface area (Å²) < 4.78 is 31.4. The molecule has 0 N–H and O–H groups in total. The van der Waals surface area contributed by atoms with E-state index >= 15 is 0 Å². The Balaban J connectivity index is 1.81. The van der Waals surface area contributed by atoms with Crippen molar-refractivity contribution in [3.8, 4) is 0 Å². The van der Waals surface area contributed by atoms with Crippen LogP contribution in [0, 0.1) is 6.92 Å². The summed E-state index contributed by atoms with van der Waals surface area (Å²) in [5.74, 6) is 0. The SMILES string of the molecule is Cc1ccc(C2=CCN(S(=O)(=O)c3sncc3Br)CC2)cc1. The normalized spacial score (nSPS) is 16.5. The van der Waals surface area contributed by atoms with E-state index in [2.05, 4.69) is 51.5 Å². The Bertz CT molecular complexity index is 810. The first-order valence-corrected chi connectivity index (χ1v) is 9.85. The van der Waals surface area contributed by atoms with Crippen molar-refractivity contribution in [2.75, 3.05) is 13.1 Å². The van der Waals surface area contributed by atoms with E-state index in [9.17, 15) is 8.42 Å². The van der Waals surface area contributed by atoms with Crippen LogP contribution in [-0.2, 0) is 10.0 Å². The van der Waals surface area contributed by atoms with Gasteiger partial charge in [-0.15, -0.1) is 0 Å². The zero-order valence-corrected chi connectivity index (χ0v) is 15.2. The summed E-state index contributed by atoms with van der Waals surface area (Å²) in [6.45, 7) is 2.95. The maximum absolute atomic E-state index is 12.6. The Labute approximate surface area is 142 Å². The van der Waals surface area contributed by atoms with Crippen LogP contribution >= 0.6 is 27.5 Å². The highest BCUT2D eigenvalue weighted by Gasteiger charge is 2.29. The zero-order chi connectivity index (χ0) is 15.7. The number of aromatic nitrogens is 1. The standard InChI is InChI=1S/C15H15BrN2O2S2/c1-11-2-4-12(5-3-11)13-6-8-18(9-7-13)22(19,20)15-14(16)10-17-21-15/h2-6,10H,7-9H2,1H3. The van der Waals surface area contributed by atoms with Gasteiger partial charge in [-0.25, -0.2) is 8.42 Å². The van der Waals surface area contributed by atoms with Crippen LogP contribution in [-0.4, -0.2) is 30.2 Å². The monoisotopic (exact) mass is 398 g/mol. The summed E-state index contributed by atoms with van der Waals surface area (Å²) >= 11 is 4.25. The van der Waals surface area contributed by atoms with Gasteiger partial charge in [0, 0.05) is 13.1 Å². The Kier molecular flexibility index (Phi) is 4.49. The Morgan fingerprint density at radius 3 is 2.55 bits per heavy atom. The third-order valence-corrected chi connectivity index (χ3v) is 7.94. The highest BCUT2D eigenvalue weighted by molar-refractivity contribution is 9.10. The zero-order valence-electron chi connectivity index (χ0n) is 12.0. The predicted octanol–water partition coefficient (Wildman–Crippen LogP) is 3.69. The lowest BCUT2D eigenvalue weighted by molar-refractivity contribution is 0.442. The number of aryl methyl sites for hydroxylation is 1. The van der Waals surface area contributed by atoms with E-state index in [-0.39, 0.29) is 4.21 Å². The highest BCUT2D eigenvalue weighted by Crippen LogP contribution is 2.31. The van der Waals surface area contributed by atoms with Gasteiger partial charge >= 0.3 is 0 Å². The number of hydrogen-bond acceptors (Lipinski definition) is 4. The topological polar surface area (TPSA) is 50.3 Å². The molecule has 0 spiro atoms. The molecule has 2 heterocycles. The smallest absolute Gasteiger partial charge is 0.206 e. The minimum Gasteiger partial charge on any atom is -0.206 e. The predicted molar refractivity (Wildman–Crippen MR) is 92.3 cm³/mol. The molecule has 0 unspecified atom stereocenters. The van der Waals surface area contributed by atoms with E-state index < -0.39 is 10.0 Å². The molecule has 4 nitrogen and oxygen atoms in total. The third kappa shape index (κ3) is 3.03. The lowest BCUT2D eigenvalue weighted by Gasteiger charge is -2.25. The summed E-state index contributed by atoms with van der Waals surface area (Å²) in [7, 11) is -3.46. The van der Waals surface area contributed by atoms with Crippen LogP contribution in [0.15, 0.2) is 45.2 Å². The van der Waals surface area contributed by atoms with Crippen LogP contribution in [0.3, 0.4) is 0 Å². The minimum absolute atomic E-state index is 0.277. The van der Waals surface area contributed by atoms with Gasteiger partial charge in [0.2, 0.25) is 0 Å². The summed E-state index contributed by atoms with van der Waals surface area (Å²) in [6.07, 6.45) is 4.24. The fraction of sp³-hybridized carbons (Fsp3) is 0.267. The van der Waals surface area contributed by atoms with Gasteiger partial charge in [-0.05, 0) is 51.9 Å². The molecular formula is C15H15BrN2O2S2. The number of benzene rings is 1. The van der Waals surface area contributed by atoms with Crippen molar-refractivity contribution in [2.45, 2.75) is 17.6 Å². The van der Waals surface area contributed by atoms with Crippen molar-refractivity contribution in [2.24, 2.45) is 0 Å². The Morgan fingerprint density at radius 1 is 1.27 bits per heavy atom. The Morgan fingerprint density at radius 2 is 2.00 bits per heavy atom. The van der Waals surface area contributed by atoms with Gasteiger partial charge in [0.1, 0.15) is 0 Å². The molecule has 0 aliphatic carbocycles. The molecule has 1 aromatic carbocycles. The molecule has 0 atom stereocenters. The molecule has 0 fully saturated rings. The molecule has 0 saturated carbocycles. The first kappa shape index (κ1) is 15.9. The van der Waals surface area contributed by atoms with Crippen LogP contribution in [0.25, 0.3) is 5.57 Å². The second-order valence-corrected chi connectivity index (χ2v) is 8.96. The van der Waals surface area contributed by atoms with Crippen molar-refractivity contribution in [1.29, 1.82) is 0 Å². The van der Waals surface area contributed by atoms with Crippen molar-refractivity contribution in [1.82, 2.24) is 8.68 Å². The van der Waals surface area contributed by atoms with E-state index in [1.165, 1.54) is 27.2 Å². The summed E-state index contributed by atoms with van der Waals surface area (Å²) in [4.78, 5) is 0. The molecule has 7 heteroatoms. The van der Waals surface area contributed by atoms with Gasteiger partial charge in [-0.2, -0.15) is 8.68 Å². The quantitative estimate of drug-likeness (QED) is 0.791. The molecule has 0 bridgehead atoms. The van der Waals surface area contributed by atoms with Crippen LogP contribution < -0.4 is 0 Å². The molecule has 2 aromatic rings. The van der Waals surface area contributed by atoms with Gasteiger partial charge in [0.05, 0.1) is 10.7 Å². The molecule has 0 radical (unpaired) electrons. The lowest BCUT2D eigenvalue weighted by atomic mass is 9.99. The highest BCUT2D eigenvalue weighted by atomic mass is 79.9. The van der Waals surface area contributed by atoms with Crippen LogP contribution in [0.1, 0.15) is 17.5 Å². The van der Waals surface area contributed by atoms with Gasteiger partial charge in [0.25, 0.3) is 10.0 Å². The summed E-state index contributed by atoms with van der Waals surface area (Å²) in [5.41, 5.74) is 3.59. The van der Waals surface area contributed by atoms with Crippen LogP contribution in [0.5, 0.6) is 0 Å². The largest absolute Gasteiger partial charge is 0.255 e. The van der Waals surface area contributed by atoms with Crippen molar-refractivity contribution >= 4 is 43.1 Å². The van der Waals surface area contributed by atoms with E-state index in [1.54, 1.807) is 0 Å². The van der Waals surface area contributed by atoms with E-state index in [0.29, 0.717) is 17.6 Å². The fourth-order valence-electron chi connectivity index (χ4n) is 2.40. The fourth-order valence-corrected chi connectivity index (χ4v) is 5.82. The molecule has 1 aliphatic rings. The van der Waals surface area contributed by atoms with Crippen molar-refractivity contribution in [3.63, 3.8) is 0 Å². The molecule has 1 aliphatic heterocycles. The third-order valence-electron chi connectivity index (χ3n) is 3.67. The second kappa shape index (κ2) is 6.23. The molecular weight excluding hydrogens is 384 g/mol. The Hall–Kier alpha value is -1.02. The van der Waals surface area contributed by atoms with Crippen LogP contribution in [0.2, 0.25) is 0 Å². The number of halogens is 1. The average Bonchev–Trinajstić information content (AvgIpc) is 2.95. The molecule has 0 amide bonds. The second-order valence-electron chi connectivity index (χ2n) is 5.17. The molecule has 116 valence electrons. The summed E-state index contributed by atoms with van der Waals surface area (Å²) in [5, 5.41) is 0. The lowest BCUT2D eigenvalue weighted by Crippen LogP contribution is -2.34. The van der Waals surface area contributed by atoms with Gasteiger partial charge < -0.3 is 0 Å². The van der Waals surface area contributed by atoms with E-state index in [0.717, 1.165) is 18.0 Å². The van der Waals surface area contributed by atoms with Gasteiger partial charge in [0.15, 0.2) is 4.21 Å². The van der Waals surface area contributed by atoms with E-state index in [4.69, 9.17) is 0 Å². The van der Waals surface area contributed by atoms with Crippen molar-refractivity contribution in [3.05, 3.63) is 52.1 Å². The first-order valence-electron chi connectivity index (χ1n) is 6.85. The van der Waals surface area contributed by atoms with E-state index in [1.807, 2.05) is 6.08 Å². The maximum Gasteiger partial charge on any atom is 0.255 e. The van der Waals surface area contributed by atoms with Gasteiger partial charge in [-0.3, -0.25) is 0 Å². The molecule has 3 rings (SSSR count). The summed E-state index contributed by atoms with van der Waals surface area (Å²) in [6, 6.07) is 8.33. The molecule has 22 heavy (non-hydrogen) atoms. The molecule has 0 saturated heterocycles. The first-order chi connectivity index (χ1) is 10.5. The average molecular weight is 399 g/mol. The van der Waals surface area contributed by atoms with Crippen LogP contribution in [0.4, 0.5) is 0 Å². The minimum atomic E-state index is -3.46. The number of rotatable bonds is 3. The molecule has 1 aromatic heterocycles. The van der Waals surface area contributed by atoms with Gasteiger partial charge in [-0.1, -0.05) is 35.9 Å². The number of nitrogens with zero attached hydrogens (tertiary/aromatic N) is 2. The van der Waals surface area contributed by atoms with Crippen molar-refractivity contribution < 1.29 is 8.42 Å². The maximum atomic E-state index is 12.6. The number of sulfonamides is 1.